The summed E-state index contributed by atoms with van der Waals surface area (Å²) in [5.74, 6) is 0.848. The van der Waals surface area contributed by atoms with Crippen LogP contribution in [-0.2, 0) is 4.79 Å². The normalized spacial score (nSPS) is 19.1. The van der Waals surface area contributed by atoms with Crippen molar-refractivity contribution in [3.8, 4) is 5.75 Å². The summed E-state index contributed by atoms with van der Waals surface area (Å²) in [6.07, 6.45) is 1.43. The summed E-state index contributed by atoms with van der Waals surface area (Å²) in [4.78, 5) is 11.6. The van der Waals surface area contributed by atoms with Crippen LogP contribution in [-0.4, -0.2) is 19.1 Å². The van der Waals surface area contributed by atoms with Gasteiger partial charge in [0.1, 0.15) is 5.75 Å². The molecular formula is C12H16N2O2. The van der Waals surface area contributed by atoms with E-state index in [0.29, 0.717) is 6.42 Å². The number of rotatable bonds is 2. The maximum absolute atomic E-state index is 11.6. The lowest BCUT2D eigenvalue weighted by atomic mass is 10.1. The van der Waals surface area contributed by atoms with Gasteiger partial charge in [0.15, 0.2) is 0 Å². The predicted molar refractivity (Wildman–Crippen MR) is 63.9 cm³/mol. The molecule has 2 rings (SSSR count). The minimum atomic E-state index is 0.0586. The molecule has 0 spiro atoms. The third-order valence-electron chi connectivity index (χ3n) is 2.79. The summed E-state index contributed by atoms with van der Waals surface area (Å²) >= 11 is 0. The number of hydrogen-bond acceptors (Lipinski definition) is 3. The number of fused-ring (bicyclic) bond motifs is 1. The van der Waals surface area contributed by atoms with Gasteiger partial charge in [-0.15, -0.1) is 0 Å². The molecule has 0 aromatic heterocycles. The molecule has 1 aliphatic rings. The smallest absolute Gasteiger partial charge is 0.226 e. The third kappa shape index (κ3) is 2.10. The molecular weight excluding hydrogens is 204 g/mol. The molecule has 0 fully saturated rings. The Balaban J connectivity index is 2.34. The Morgan fingerprint density at radius 2 is 2.25 bits per heavy atom. The number of carbonyl (C=O) groups excluding carboxylic acids is 1. The molecule has 4 nitrogen and oxygen atoms in total. The van der Waals surface area contributed by atoms with Crippen LogP contribution in [0.3, 0.4) is 0 Å². The zero-order valence-corrected chi connectivity index (χ0v) is 9.54. The molecule has 0 saturated heterocycles. The van der Waals surface area contributed by atoms with Crippen LogP contribution in [0.1, 0.15) is 19.8 Å². The molecule has 16 heavy (non-hydrogen) atoms. The standard InChI is InChI=1S/C12H16N2O2/c1-3-8-6-12(15)14-10-5-4-9(16-2)7-11(10)13-8/h4-5,7-8,13H,3,6H2,1-2H3,(H,14,15). The average Bonchev–Trinajstić information content (AvgIpc) is 2.45. The van der Waals surface area contributed by atoms with Crippen LogP contribution < -0.4 is 15.4 Å². The highest BCUT2D eigenvalue weighted by atomic mass is 16.5. The van der Waals surface area contributed by atoms with Crippen LogP contribution in [0.5, 0.6) is 5.75 Å². The van der Waals surface area contributed by atoms with Gasteiger partial charge in [-0.3, -0.25) is 4.79 Å². The van der Waals surface area contributed by atoms with E-state index in [9.17, 15) is 4.79 Å². The molecule has 86 valence electrons. The fraction of sp³-hybridized carbons (Fsp3) is 0.417. The van der Waals surface area contributed by atoms with E-state index < -0.39 is 0 Å². The first-order valence-corrected chi connectivity index (χ1v) is 5.47. The maximum Gasteiger partial charge on any atom is 0.226 e. The van der Waals surface area contributed by atoms with Gasteiger partial charge in [-0.05, 0) is 18.6 Å². The second-order valence-corrected chi connectivity index (χ2v) is 3.91. The Kier molecular flexibility index (Phi) is 2.99. The first-order chi connectivity index (χ1) is 7.72. The maximum atomic E-state index is 11.6. The van der Waals surface area contributed by atoms with Crippen molar-refractivity contribution in [2.24, 2.45) is 0 Å². The summed E-state index contributed by atoms with van der Waals surface area (Å²) < 4.78 is 5.16. The van der Waals surface area contributed by atoms with Gasteiger partial charge < -0.3 is 15.4 Å². The molecule has 1 atom stereocenters. The molecule has 0 bridgehead atoms. The van der Waals surface area contributed by atoms with Crippen molar-refractivity contribution < 1.29 is 9.53 Å². The largest absolute Gasteiger partial charge is 0.497 e. The zero-order chi connectivity index (χ0) is 11.5. The minimum Gasteiger partial charge on any atom is -0.497 e. The van der Waals surface area contributed by atoms with E-state index in [1.165, 1.54) is 0 Å². The number of anilines is 2. The predicted octanol–water partition coefficient (Wildman–Crippen LogP) is 2.23. The summed E-state index contributed by atoms with van der Waals surface area (Å²) in [5, 5.41) is 6.23. The van der Waals surface area contributed by atoms with Crippen molar-refractivity contribution in [3.63, 3.8) is 0 Å². The van der Waals surface area contributed by atoms with Gasteiger partial charge in [-0.2, -0.15) is 0 Å². The summed E-state index contributed by atoms with van der Waals surface area (Å²) in [6.45, 7) is 2.07. The Bertz CT molecular complexity index is 404. The van der Waals surface area contributed by atoms with Gasteiger partial charge in [0.25, 0.3) is 0 Å². The van der Waals surface area contributed by atoms with E-state index in [-0.39, 0.29) is 11.9 Å². The number of hydrogen-bond donors (Lipinski definition) is 2. The van der Waals surface area contributed by atoms with Crippen LogP contribution in [0, 0.1) is 0 Å². The average molecular weight is 220 g/mol. The van der Waals surface area contributed by atoms with Crippen molar-refractivity contribution in [1.82, 2.24) is 0 Å². The fourth-order valence-electron chi connectivity index (χ4n) is 1.82. The lowest BCUT2D eigenvalue weighted by Gasteiger charge is -2.15. The van der Waals surface area contributed by atoms with Gasteiger partial charge in [-0.1, -0.05) is 6.92 Å². The second kappa shape index (κ2) is 4.43. The zero-order valence-electron chi connectivity index (χ0n) is 9.54. The minimum absolute atomic E-state index is 0.0586. The SMILES string of the molecule is CCC1CC(=O)Nc2ccc(OC)cc2N1. The molecule has 1 amide bonds. The molecule has 2 N–H and O–H groups in total. The number of ether oxygens (including phenoxy) is 1. The summed E-state index contributed by atoms with van der Waals surface area (Å²) in [6, 6.07) is 5.79. The van der Waals surface area contributed by atoms with Crippen molar-refractivity contribution in [2.45, 2.75) is 25.8 Å². The van der Waals surface area contributed by atoms with E-state index >= 15 is 0 Å². The van der Waals surface area contributed by atoms with Crippen LogP contribution in [0.4, 0.5) is 11.4 Å². The molecule has 1 aliphatic heterocycles. The Hall–Kier alpha value is -1.71. The number of methoxy groups -OCH3 is 1. The molecule has 1 heterocycles. The molecule has 1 unspecified atom stereocenters. The van der Waals surface area contributed by atoms with Gasteiger partial charge in [0, 0.05) is 18.5 Å². The Labute approximate surface area is 95.0 Å². The van der Waals surface area contributed by atoms with E-state index in [0.717, 1.165) is 23.5 Å². The van der Waals surface area contributed by atoms with Gasteiger partial charge in [-0.25, -0.2) is 0 Å². The summed E-state index contributed by atoms with van der Waals surface area (Å²) in [7, 11) is 1.63. The topological polar surface area (TPSA) is 50.4 Å². The van der Waals surface area contributed by atoms with E-state index in [4.69, 9.17) is 4.74 Å². The highest BCUT2D eigenvalue weighted by molar-refractivity contribution is 5.96. The first kappa shape index (κ1) is 10.8. The van der Waals surface area contributed by atoms with Crippen LogP contribution in [0.2, 0.25) is 0 Å². The van der Waals surface area contributed by atoms with Gasteiger partial charge in [0.05, 0.1) is 18.5 Å². The van der Waals surface area contributed by atoms with Crippen LogP contribution in [0.25, 0.3) is 0 Å². The van der Waals surface area contributed by atoms with Crippen molar-refractivity contribution >= 4 is 17.3 Å². The highest BCUT2D eigenvalue weighted by Crippen LogP contribution is 2.30. The number of amides is 1. The third-order valence-corrected chi connectivity index (χ3v) is 2.79. The Morgan fingerprint density at radius 3 is 2.94 bits per heavy atom. The van der Waals surface area contributed by atoms with Crippen molar-refractivity contribution in [1.29, 1.82) is 0 Å². The second-order valence-electron chi connectivity index (χ2n) is 3.91. The quantitative estimate of drug-likeness (QED) is 0.803. The molecule has 0 aliphatic carbocycles. The number of benzene rings is 1. The fourth-order valence-corrected chi connectivity index (χ4v) is 1.82. The van der Waals surface area contributed by atoms with E-state index in [1.54, 1.807) is 7.11 Å². The van der Waals surface area contributed by atoms with E-state index in [2.05, 4.69) is 17.6 Å². The molecule has 4 heteroatoms. The van der Waals surface area contributed by atoms with Gasteiger partial charge in [0.2, 0.25) is 5.91 Å². The lowest BCUT2D eigenvalue weighted by molar-refractivity contribution is -0.116. The van der Waals surface area contributed by atoms with Crippen molar-refractivity contribution in [3.05, 3.63) is 18.2 Å². The highest BCUT2D eigenvalue weighted by Gasteiger charge is 2.19. The first-order valence-electron chi connectivity index (χ1n) is 5.47. The number of nitrogens with one attached hydrogen (secondary N) is 2. The molecule has 0 radical (unpaired) electrons. The molecule has 1 aromatic carbocycles. The molecule has 0 saturated carbocycles. The molecule has 1 aromatic rings. The van der Waals surface area contributed by atoms with Gasteiger partial charge >= 0.3 is 0 Å². The van der Waals surface area contributed by atoms with E-state index in [1.807, 2.05) is 18.2 Å². The Morgan fingerprint density at radius 1 is 1.44 bits per heavy atom. The number of carbonyl (C=O) groups is 1. The van der Waals surface area contributed by atoms with Crippen molar-refractivity contribution in [2.75, 3.05) is 17.7 Å². The monoisotopic (exact) mass is 220 g/mol. The van der Waals surface area contributed by atoms with Crippen LogP contribution in [0.15, 0.2) is 18.2 Å². The van der Waals surface area contributed by atoms with Crippen LogP contribution >= 0.6 is 0 Å². The summed E-state index contributed by atoms with van der Waals surface area (Å²) in [5.41, 5.74) is 1.75. The lowest BCUT2D eigenvalue weighted by Crippen LogP contribution is -2.21.